The molecule has 2 aliphatic rings. The number of nitrogens with one attached hydrogen (secondary N) is 1. The highest BCUT2D eigenvalue weighted by atomic mass is 19.3. The van der Waals surface area contributed by atoms with E-state index in [1.165, 1.54) is 17.0 Å². The van der Waals surface area contributed by atoms with Gasteiger partial charge < -0.3 is 10.2 Å². The van der Waals surface area contributed by atoms with Crippen LogP contribution in [-0.2, 0) is 0 Å². The fourth-order valence-electron chi connectivity index (χ4n) is 5.96. The van der Waals surface area contributed by atoms with Crippen LogP contribution in [0.25, 0.3) is 0 Å². The van der Waals surface area contributed by atoms with Gasteiger partial charge in [-0.15, -0.1) is 0 Å². The molecular formula is C32H36F4N4. The van der Waals surface area contributed by atoms with Crippen LogP contribution in [0, 0.1) is 18.6 Å². The fraction of sp³-hybridized carbons (Fsp3) is 0.406. The van der Waals surface area contributed by atoms with E-state index in [1.54, 1.807) is 12.1 Å². The Labute approximate surface area is 233 Å². The molecule has 3 unspecified atom stereocenters. The first kappa shape index (κ1) is 28.1. The molecule has 0 aromatic heterocycles. The second-order valence-corrected chi connectivity index (χ2v) is 11.0. The van der Waals surface area contributed by atoms with Gasteiger partial charge in [0.1, 0.15) is 11.6 Å². The summed E-state index contributed by atoms with van der Waals surface area (Å²) in [7, 11) is 0. The lowest BCUT2D eigenvalue weighted by molar-refractivity contribution is 0.0793. The van der Waals surface area contributed by atoms with Gasteiger partial charge in [-0.2, -0.15) is 8.78 Å². The molecule has 0 bridgehead atoms. The van der Waals surface area contributed by atoms with Crippen molar-refractivity contribution in [2.75, 3.05) is 23.3 Å². The molecule has 2 aliphatic heterocycles. The highest BCUT2D eigenvalue weighted by Crippen LogP contribution is 2.35. The lowest BCUT2D eigenvalue weighted by atomic mass is 9.83. The highest BCUT2D eigenvalue weighted by molar-refractivity contribution is 6.14. The normalized spacial score (nSPS) is 20.7. The minimum Gasteiger partial charge on any atom is -0.382 e. The Bertz CT molecular complexity index is 1360. The molecule has 0 aliphatic carbocycles. The molecule has 0 radical (unpaired) electrons. The second kappa shape index (κ2) is 11.6. The Kier molecular flexibility index (Phi) is 8.17. The number of para-hydroxylation sites is 1. The van der Waals surface area contributed by atoms with Crippen molar-refractivity contribution in [3.05, 3.63) is 94.6 Å². The van der Waals surface area contributed by atoms with Gasteiger partial charge in [-0.25, -0.2) is 8.78 Å². The summed E-state index contributed by atoms with van der Waals surface area (Å²) < 4.78 is 56.2. The summed E-state index contributed by atoms with van der Waals surface area (Å²) in [5, 5.41) is 3.64. The summed E-state index contributed by atoms with van der Waals surface area (Å²) in [5.74, 6) is -1.11. The number of halogens is 4. The number of likely N-dealkylation sites (tertiary alicyclic amines) is 1. The van der Waals surface area contributed by atoms with E-state index < -0.39 is 24.3 Å². The monoisotopic (exact) mass is 552 g/mol. The van der Waals surface area contributed by atoms with Crippen LogP contribution >= 0.6 is 0 Å². The lowest BCUT2D eigenvalue weighted by Gasteiger charge is -2.42. The number of nitrogens with zero attached hydrogens (tertiary/aromatic N) is 3. The molecule has 212 valence electrons. The van der Waals surface area contributed by atoms with Gasteiger partial charge in [0.15, 0.2) is 0 Å². The third-order valence-electron chi connectivity index (χ3n) is 8.42. The van der Waals surface area contributed by atoms with E-state index in [4.69, 9.17) is 4.99 Å². The van der Waals surface area contributed by atoms with Crippen LogP contribution in [0.5, 0.6) is 0 Å². The minimum atomic E-state index is -2.59. The van der Waals surface area contributed by atoms with Gasteiger partial charge in [0, 0.05) is 53.6 Å². The van der Waals surface area contributed by atoms with Crippen LogP contribution in [0.1, 0.15) is 61.8 Å². The van der Waals surface area contributed by atoms with E-state index in [0.717, 1.165) is 41.3 Å². The van der Waals surface area contributed by atoms with Gasteiger partial charge in [-0.05, 0) is 75.1 Å². The number of aliphatic imine (C=N–C) groups is 1. The molecule has 2 heterocycles. The van der Waals surface area contributed by atoms with Gasteiger partial charge >= 0.3 is 6.55 Å². The van der Waals surface area contributed by atoms with Gasteiger partial charge in [0.2, 0.25) is 0 Å². The number of aryl methyl sites for hydroxylation is 1. The predicted molar refractivity (Wildman–Crippen MR) is 154 cm³/mol. The molecule has 1 N–H and O–H groups in total. The van der Waals surface area contributed by atoms with Crippen LogP contribution in [0.2, 0.25) is 0 Å². The molecule has 3 aromatic carbocycles. The van der Waals surface area contributed by atoms with Crippen molar-refractivity contribution in [3.8, 4) is 0 Å². The van der Waals surface area contributed by atoms with Crippen molar-refractivity contribution < 1.29 is 17.6 Å². The standard InChI is InChI=1S/C32H36F4N4/c1-19-7-5-6-8-30(19)40(32(35)36)22(4)39-13-11-26(12-14-39)38-27-9-10-28-29(18-27)20(2)21(3)37-31(28)23-15-24(33)17-25(34)16-23/h5-10,15-18,20-22,26,32,38H,11-14H2,1-4H3. The van der Waals surface area contributed by atoms with Gasteiger partial charge in [0.05, 0.1) is 17.9 Å². The van der Waals surface area contributed by atoms with Crippen LogP contribution in [-0.4, -0.2) is 48.5 Å². The van der Waals surface area contributed by atoms with Gasteiger partial charge in [-0.3, -0.25) is 9.89 Å². The van der Waals surface area contributed by atoms with Gasteiger partial charge in [0.25, 0.3) is 0 Å². The smallest absolute Gasteiger partial charge is 0.316 e. The summed E-state index contributed by atoms with van der Waals surface area (Å²) in [4.78, 5) is 8.11. The molecule has 3 atom stereocenters. The van der Waals surface area contributed by atoms with Crippen molar-refractivity contribution in [2.45, 2.75) is 71.3 Å². The third kappa shape index (κ3) is 5.73. The van der Waals surface area contributed by atoms with Crippen LogP contribution in [0.4, 0.5) is 28.9 Å². The Morgan fingerprint density at radius 1 is 0.950 bits per heavy atom. The zero-order chi connectivity index (χ0) is 28.6. The maximum atomic E-state index is 14.1. The molecule has 1 fully saturated rings. The molecule has 1 saturated heterocycles. The quantitative estimate of drug-likeness (QED) is 0.242. The number of piperidine rings is 1. The zero-order valence-electron chi connectivity index (χ0n) is 23.3. The number of rotatable bonds is 7. The summed E-state index contributed by atoms with van der Waals surface area (Å²) in [5.41, 5.74) is 5.37. The zero-order valence-corrected chi connectivity index (χ0v) is 23.3. The first-order valence-corrected chi connectivity index (χ1v) is 13.9. The highest BCUT2D eigenvalue weighted by Gasteiger charge is 2.32. The molecule has 4 nitrogen and oxygen atoms in total. The average molecular weight is 553 g/mol. The number of benzene rings is 3. The number of anilines is 2. The number of alkyl halides is 2. The van der Waals surface area contributed by atoms with Crippen molar-refractivity contribution in [3.63, 3.8) is 0 Å². The third-order valence-corrected chi connectivity index (χ3v) is 8.42. The van der Waals surface area contributed by atoms with E-state index in [0.29, 0.717) is 30.1 Å². The lowest BCUT2D eigenvalue weighted by Crippen LogP contribution is -2.53. The van der Waals surface area contributed by atoms with E-state index in [1.807, 2.05) is 45.0 Å². The Morgan fingerprint density at radius 3 is 2.27 bits per heavy atom. The maximum Gasteiger partial charge on any atom is 0.316 e. The van der Waals surface area contributed by atoms with Gasteiger partial charge in [-0.1, -0.05) is 31.2 Å². The van der Waals surface area contributed by atoms with Crippen molar-refractivity contribution in [2.24, 2.45) is 4.99 Å². The average Bonchev–Trinajstić information content (AvgIpc) is 2.91. The second-order valence-electron chi connectivity index (χ2n) is 11.0. The molecule has 40 heavy (non-hydrogen) atoms. The molecule has 3 aromatic rings. The van der Waals surface area contributed by atoms with E-state index in [2.05, 4.69) is 23.2 Å². The van der Waals surface area contributed by atoms with E-state index in [9.17, 15) is 17.6 Å². The Balaban J connectivity index is 1.28. The van der Waals surface area contributed by atoms with Crippen LogP contribution in [0.3, 0.4) is 0 Å². The predicted octanol–water partition coefficient (Wildman–Crippen LogP) is 7.57. The molecule has 5 rings (SSSR count). The molecule has 0 amide bonds. The number of fused-ring (bicyclic) bond motifs is 1. The first-order chi connectivity index (χ1) is 19.1. The SMILES string of the molecule is Cc1ccccc1N(C(F)F)C(C)N1CCC(Nc2ccc3c(c2)C(C)C(C)N=C3c2cc(F)cc(F)c2)CC1. The molecule has 0 saturated carbocycles. The topological polar surface area (TPSA) is 30.9 Å². The van der Waals surface area contributed by atoms with E-state index >= 15 is 0 Å². The minimum absolute atomic E-state index is 0.0418. The summed E-state index contributed by atoms with van der Waals surface area (Å²) in [6.07, 6.45) is 1.22. The van der Waals surface area contributed by atoms with Crippen molar-refractivity contribution >= 4 is 17.1 Å². The molecule has 0 spiro atoms. The summed E-state index contributed by atoms with van der Waals surface area (Å²) in [6, 6.07) is 17.0. The Morgan fingerprint density at radius 2 is 1.62 bits per heavy atom. The maximum absolute atomic E-state index is 14.1. The summed E-state index contributed by atoms with van der Waals surface area (Å²) >= 11 is 0. The number of hydrogen-bond acceptors (Lipinski definition) is 4. The van der Waals surface area contributed by atoms with Crippen molar-refractivity contribution in [1.29, 1.82) is 0 Å². The van der Waals surface area contributed by atoms with Crippen molar-refractivity contribution in [1.82, 2.24) is 4.90 Å². The summed E-state index contributed by atoms with van der Waals surface area (Å²) in [6.45, 7) is 6.65. The molecular weight excluding hydrogens is 516 g/mol. The first-order valence-electron chi connectivity index (χ1n) is 13.9. The van der Waals surface area contributed by atoms with E-state index in [-0.39, 0.29) is 18.0 Å². The van der Waals surface area contributed by atoms with Crippen LogP contribution in [0.15, 0.2) is 65.7 Å². The Hall–Kier alpha value is -3.39. The molecule has 8 heteroatoms. The largest absolute Gasteiger partial charge is 0.382 e. The number of hydrogen-bond donors (Lipinski definition) is 1. The van der Waals surface area contributed by atoms with Crippen LogP contribution < -0.4 is 10.2 Å². The fourth-order valence-corrected chi connectivity index (χ4v) is 5.96.